The van der Waals surface area contributed by atoms with Crippen LogP contribution in [0.5, 0.6) is 0 Å². The molecule has 2 aromatic heterocycles. The molecule has 0 radical (unpaired) electrons. The molecule has 0 saturated carbocycles. The maximum absolute atomic E-state index is 12.4. The van der Waals surface area contributed by atoms with E-state index in [2.05, 4.69) is 21.4 Å². The van der Waals surface area contributed by atoms with E-state index >= 15 is 0 Å². The number of rotatable bonds is 4. The molecule has 0 saturated heterocycles. The third-order valence-electron chi connectivity index (χ3n) is 3.79. The van der Waals surface area contributed by atoms with Gasteiger partial charge in [0, 0.05) is 18.5 Å². The van der Waals surface area contributed by atoms with Crippen LogP contribution >= 0.6 is 0 Å². The fourth-order valence-corrected chi connectivity index (χ4v) is 2.51. The van der Waals surface area contributed by atoms with E-state index < -0.39 is 5.91 Å². The van der Waals surface area contributed by atoms with E-state index in [-0.39, 0.29) is 29.9 Å². The number of carbonyl (C=O) groups is 1. The van der Waals surface area contributed by atoms with Gasteiger partial charge in [-0.05, 0) is 12.1 Å². The van der Waals surface area contributed by atoms with Crippen LogP contribution in [0.15, 0.2) is 46.0 Å². The van der Waals surface area contributed by atoms with Gasteiger partial charge in [0.05, 0.1) is 17.6 Å². The molecule has 3 aromatic rings. The fourth-order valence-electron chi connectivity index (χ4n) is 2.51. The van der Waals surface area contributed by atoms with Crippen molar-refractivity contribution in [2.75, 3.05) is 0 Å². The minimum atomic E-state index is -0.457. The Kier molecular flexibility index (Phi) is 4.62. The van der Waals surface area contributed by atoms with Gasteiger partial charge in [-0.2, -0.15) is 10.2 Å². The Morgan fingerprint density at radius 3 is 2.58 bits per heavy atom. The van der Waals surface area contributed by atoms with Gasteiger partial charge in [-0.3, -0.25) is 14.4 Å². The van der Waals surface area contributed by atoms with E-state index in [9.17, 15) is 14.4 Å². The molecule has 26 heavy (non-hydrogen) atoms. The Balaban J connectivity index is 1.93. The lowest BCUT2D eigenvalue weighted by molar-refractivity contribution is 0.0943. The van der Waals surface area contributed by atoms with Crippen molar-refractivity contribution in [2.24, 2.45) is 7.05 Å². The van der Waals surface area contributed by atoms with Crippen molar-refractivity contribution >= 4 is 16.7 Å². The van der Waals surface area contributed by atoms with Gasteiger partial charge in [0.1, 0.15) is 12.2 Å². The van der Waals surface area contributed by atoms with Gasteiger partial charge in [0.2, 0.25) is 0 Å². The van der Waals surface area contributed by atoms with Crippen molar-refractivity contribution in [1.82, 2.24) is 24.9 Å². The van der Waals surface area contributed by atoms with Crippen LogP contribution in [-0.2, 0) is 20.1 Å². The zero-order valence-electron chi connectivity index (χ0n) is 14.0. The van der Waals surface area contributed by atoms with Gasteiger partial charge in [0.15, 0.2) is 0 Å². The summed E-state index contributed by atoms with van der Waals surface area (Å²) < 4.78 is 2.27. The van der Waals surface area contributed by atoms with E-state index in [1.807, 2.05) is 0 Å². The first-order valence-electron chi connectivity index (χ1n) is 7.76. The Hall–Kier alpha value is -3.73. The molecule has 0 atom stereocenters. The molecule has 0 aliphatic carbocycles. The zero-order chi connectivity index (χ0) is 18.7. The quantitative estimate of drug-likeness (QED) is 0.671. The first-order valence-corrected chi connectivity index (χ1v) is 7.76. The minimum Gasteiger partial charge on any atom is -0.345 e. The van der Waals surface area contributed by atoms with Crippen molar-refractivity contribution < 1.29 is 4.79 Å². The summed E-state index contributed by atoms with van der Waals surface area (Å²) >= 11 is 0. The van der Waals surface area contributed by atoms with E-state index in [1.165, 1.54) is 23.9 Å². The molecule has 0 aliphatic heterocycles. The predicted octanol–water partition coefficient (Wildman–Crippen LogP) is 0.0534. The van der Waals surface area contributed by atoms with E-state index in [0.717, 1.165) is 4.68 Å². The Morgan fingerprint density at radius 2 is 1.88 bits per heavy atom. The summed E-state index contributed by atoms with van der Waals surface area (Å²) in [5.74, 6) is 1.93. The second-order valence-electron chi connectivity index (χ2n) is 5.52. The lowest BCUT2D eigenvalue weighted by Crippen LogP contribution is -2.30. The fraction of sp³-hybridized carbons (Fsp3) is 0.167. The first kappa shape index (κ1) is 17.1. The van der Waals surface area contributed by atoms with Gasteiger partial charge >= 0.3 is 0 Å². The molecule has 0 unspecified atom stereocenters. The molecule has 3 rings (SSSR count). The standard InChI is InChI=1S/C18H15N5O3/c1-3-10-23-18(26)13-7-5-4-6-12(13)15(21-23)11-19-17(25)14-8-9-16(24)22(2)20-14/h1,4-9H,10-11H2,2H3,(H,19,25). The average molecular weight is 349 g/mol. The molecule has 0 fully saturated rings. The number of aromatic nitrogens is 4. The van der Waals surface area contributed by atoms with Crippen LogP contribution in [0, 0.1) is 12.3 Å². The Morgan fingerprint density at radius 1 is 1.15 bits per heavy atom. The van der Waals surface area contributed by atoms with Crippen molar-refractivity contribution in [3.63, 3.8) is 0 Å². The first-order chi connectivity index (χ1) is 12.5. The molecule has 8 heteroatoms. The highest BCUT2D eigenvalue weighted by atomic mass is 16.2. The number of fused-ring (bicyclic) bond motifs is 1. The van der Waals surface area contributed by atoms with Crippen LogP contribution < -0.4 is 16.4 Å². The van der Waals surface area contributed by atoms with Gasteiger partial charge in [-0.1, -0.05) is 24.1 Å². The van der Waals surface area contributed by atoms with Crippen LogP contribution in [0.25, 0.3) is 10.8 Å². The lowest BCUT2D eigenvalue weighted by Gasteiger charge is -2.10. The molecular weight excluding hydrogens is 334 g/mol. The summed E-state index contributed by atoms with van der Waals surface area (Å²) in [6.45, 7) is 0.113. The minimum absolute atomic E-state index is 0.0347. The van der Waals surface area contributed by atoms with Gasteiger partial charge in [0.25, 0.3) is 17.0 Å². The second kappa shape index (κ2) is 7.03. The molecule has 0 spiro atoms. The lowest BCUT2D eigenvalue weighted by atomic mass is 10.1. The third kappa shape index (κ3) is 3.23. The van der Waals surface area contributed by atoms with Gasteiger partial charge in [-0.15, -0.1) is 6.42 Å². The molecular formula is C18H15N5O3. The molecule has 1 aromatic carbocycles. The summed E-state index contributed by atoms with van der Waals surface area (Å²) in [4.78, 5) is 36.0. The predicted molar refractivity (Wildman–Crippen MR) is 95.5 cm³/mol. The Labute approximate surface area is 148 Å². The maximum Gasteiger partial charge on any atom is 0.275 e. The van der Waals surface area contributed by atoms with Crippen LogP contribution in [0.1, 0.15) is 16.2 Å². The largest absolute Gasteiger partial charge is 0.345 e. The van der Waals surface area contributed by atoms with Crippen molar-refractivity contribution in [3.05, 3.63) is 68.5 Å². The monoisotopic (exact) mass is 349 g/mol. The average Bonchev–Trinajstić information content (AvgIpc) is 2.65. The summed E-state index contributed by atoms with van der Waals surface area (Å²) in [7, 11) is 1.46. The number of hydrogen-bond donors (Lipinski definition) is 1. The summed E-state index contributed by atoms with van der Waals surface area (Å²) in [6.07, 6.45) is 5.29. The Bertz CT molecular complexity index is 1150. The number of nitrogens with zero attached hydrogens (tertiary/aromatic N) is 4. The number of nitrogens with one attached hydrogen (secondary N) is 1. The summed E-state index contributed by atoms with van der Waals surface area (Å²) in [5, 5.41) is 12.0. The number of amides is 1. The molecule has 0 aliphatic rings. The van der Waals surface area contributed by atoms with Crippen molar-refractivity contribution in [2.45, 2.75) is 13.1 Å². The molecule has 1 N–H and O–H groups in total. The number of terminal acetylenes is 1. The second-order valence-corrected chi connectivity index (χ2v) is 5.52. The third-order valence-corrected chi connectivity index (χ3v) is 3.79. The van der Waals surface area contributed by atoms with Crippen LogP contribution in [0.3, 0.4) is 0 Å². The van der Waals surface area contributed by atoms with Crippen LogP contribution in [0.2, 0.25) is 0 Å². The number of hydrogen-bond acceptors (Lipinski definition) is 5. The molecule has 2 heterocycles. The van der Waals surface area contributed by atoms with Crippen molar-refractivity contribution in [1.29, 1.82) is 0 Å². The number of carbonyl (C=O) groups excluding carboxylic acids is 1. The van der Waals surface area contributed by atoms with E-state index in [4.69, 9.17) is 6.42 Å². The van der Waals surface area contributed by atoms with Crippen molar-refractivity contribution in [3.8, 4) is 12.3 Å². The molecule has 0 bridgehead atoms. The SMILES string of the molecule is C#CCn1nc(CNC(=O)c2ccc(=O)n(C)n2)c2ccccc2c1=O. The highest BCUT2D eigenvalue weighted by Gasteiger charge is 2.13. The normalized spacial score (nSPS) is 10.5. The van der Waals surface area contributed by atoms with Crippen LogP contribution in [0.4, 0.5) is 0 Å². The summed E-state index contributed by atoms with van der Waals surface area (Å²) in [6, 6.07) is 9.60. The highest BCUT2D eigenvalue weighted by Crippen LogP contribution is 2.13. The number of benzene rings is 1. The van der Waals surface area contributed by atoms with Crippen LogP contribution in [-0.4, -0.2) is 25.5 Å². The number of aryl methyl sites for hydroxylation is 1. The molecule has 8 nitrogen and oxygen atoms in total. The van der Waals surface area contributed by atoms with Gasteiger partial charge in [-0.25, -0.2) is 9.36 Å². The molecule has 130 valence electrons. The zero-order valence-corrected chi connectivity index (χ0v) is 14.0. The highest BCUT2D eigenvalue weighted by molar-refractivity contribution is 5.92. The topological polar surface area (TPSA) is 98.9 Å². The maximum atomic E-state index is 12.4. The molecule has 1 amide bonds. The smallest absolute Gasteiger partial charge is 0.275 e. The van der Waals surface area contributed by atoms with E-state index in [0.29, 0.717) is 16.5 Å². The van der Waals surface area contributed by atoms with E-state index in [1.54, 1.807) is 24.3 Å². The van der Waals surface area contributed by atoms with Gasteiger partial charge < -0.3 is 5.32 Å². The summed E-state index contributed by atoms with van der Waals surface area (Å²) in [5.41, 5.74) is 0.0193.